The van der Waals surface area contributed by atoms with Gasteiger partial charge in [-0.05, 0) is 31.5 Å². The maximum absolute atomic E-state index is 14.8. The van der Waals surface area contributed by atoms with E-state index in [2.05, 4.69) is 0 Å². The van der Waals surface area contributed by atoms with Gasteiger partial charge in [-0.1, -0.05) is 12.1 Å². The molecule has 1 N–H and O–H groups in total. The molecule has 130 valence electrons. The van der Waals surface area contributed by atoms with Crippen molar-refractivity contribution in [2.75, 3.05) is 20.2 Å². The van der Waals surface area contributed by atoms with Crippen LogP contribution >= 0.6 is 0 Å². The summed E-state index contributed by atoms with van der Waals surface area (Å²) in [5.41, 5.74) is -4.79. The number of aliphatic hydroxyl groups excluding tert-OH is 1. The van der Waals surface area contributed by atoms with Gasteiger partial charge < -0.3 is 14.7 Å². The van der Waals surface area contributed by atoms with Crippen molar-refractivity contribution < 1.29 is 32.2 Å². The van der Waals surface area contributed by atoms with Gasteiger partial charge in [-0.2, -0.15) is 13.2 Å². The number of aliphatic hydroxyl groups is 1. The van der Waals surface area contributed by atoms with E-state index in [1.165, 1.54) is 33.1 Å². The molecule has 1 aromatic carbocycles. The van der Waals surface area contributed by atoms with Gasteiger partial charge in [0.2, 0.25) is 0 Å². The first-order valence-electron chi connectivity index (χ1n) is 7.00. The number of ether oxygens (including phenoxy) is 1. The van der Waals surface area contributed by atoms with E-state index in [0.717, 1.165) is 12.1 Å². The first-order chi connectivity index (χ1) is 10.6. The van der Waals surface area contributed by atoms with Crippen molar-refractivity contribution in [3.63, 3.8) is 0 Å². The number of amides is 1. The van der Waals surface area contributed by atoms with Gasteiger partial charge in [-0.15, -0.1) is 0 Å². The highest BCUT2D eigenvalue weighted by Gasteiger charge is 2.67. The predicted octanol–water partition coefficient (Wildman–Crippen LogP) is 2.87. The van der Waals surface area contributed by atoms with Crippen LogP contribution in [-0.4, -0.2) is 48.0 Å². The van der Waals surface area contributed by atoms with Gasteiger partial charge >= 0.3 is 11.8 Å². The highest BCUT2D eigenvalue weighted by Crippen LogP contribution is 2.44. The van der Waals surface area contributed by atoms with Crippen molar-refractivity contribution in [3.05, 3.63) is 29.8 Å². The summed E-state index contributed by atoms with van der Waals surface area (Å²) in [5, 5.41) is 9.97. The first-order valence-corrected chi connectivity index (χ1v) is 7.00. The summed E-state index contributed by atoms with van der Waals surface area (Å²) in [6.45, 7) is 2.65. The van der Waals surface area contributed by atoms with E-state index in [1.54, 1.807) is 0 Å². The SMILES string of the molecule is CCN(CC)C(=O)[C@](F)([C@H](O)c1ccc(OC)cc1)C(F)(F)F. The standard InChI is InChI=1S/C15H19F4NO3/c1-4-20(5-2)13(22)14(16,15(17,18)19)12(21)10-6-8-11(23-3)9-7-10/h6-9,12,21H,4-5H2,1-3H3/t12-,14-/m1/s1. The van der Waals surface area contributed by atoms with Gasteiger partial charge in [0.25, 0.3) is 5.91 Å². The lowest BCUT2D eigenvalue weighted by Gasteiger charge is -2.35. The summed E-state index contributed by atoms with van der Waals surface area (Å²) in [6.07, 6.45) is -8.24. The Bertz CT molecular complexity index is 529. The molecular weight excluding hydrogens is 318 g/mol. The average molecular weight is 337 g/mol. The van der Waals surface area contributed by atoms with Crippen LogP contribution in [0, 0.1) is 0 Å². The predicted molar refractivity (Wildman–Crippen MR) is 75.8 cm³/mol. The normalized spacial score (nSPS) is 15.7. The molecule has 0 radical (unpaired) electrons. The van der Waals surface area contributed by atoms with Crippen molar-refractivity contribution in [2.24, 2.45) is 0 Å². The summed E-state index contributed by atoms with van der Waals surface area (Å²) in [7, 11) is 1.35. The van der Waals surface area contributed by atoms with E-state index in [1.807, 2.05) is 0 Å². The summed E-state index contributed by atoms with van der Waals surface area (Å²) in [6, 6.07) is 4.71. The lowest BCUT2D eigenvalue weighted by atomic mass is 9.90. The zero-order valence-electron chi connectivity index (χ0n) is 13.0. The lowest BCUT2D eigenvalue weighted by Crippen LogP contribution is -2.58. The molecule has 0 aromatic heterocycles. The smallest absolute Gasteiger partial charge is 0.434 e. The van der Waals surface area contributed by atoms with Crippen LogP contribution in [-0.2, 0) is 4.79 Å². The third kappa shape index (κ3) is 3.57. The number of rotatable bonds is 6. The highest BCUT2D eigenvalue weighted by molar-refractivity contribution is 5.87. The highest BCUT2D eigenvalue weighted by atomic mass is 19.4. The Hall–Kier alpha value is -1.83. The first kappa shape index (κ1) is 19.2. The van der Waals surface area contributed by atoms with Gasteiger partial charge in [-0.25, -0.2) is 4.39 Å². The molecule has 0 spiro atoms. The van der Waals surface area contributed by atoms with Crippen molar-refractivity contribution in [2.45, 2.75) is 31.8 Å². The maximum atomic E-state index is 14.8. The Morgan fingerprint density at radius 1 is 1.17 bits per heavy atom. The molecule has 0 saturated heterocycles. The lowest BCUT2D eigenvalue weighted by molar-refractivity contribution is -0.257. The molecule has 4 nitrogen and oxygen atoms in total. The fraction of sp³-hybridized carbons (Fsp3) is 0.533. The van der Waals surface area contributed by atoms with Crippen LogP contribution in [0.25, 0.3) is 0 Å². The number of hydrogen-bond donors (Lipinski definition) is 1. The number of alkyl halides is 4. The second-order valence-corrected chi connectivity index (χ2v) is 4.86. The quantitative estimate of drug-likeness (QED) is 0.812. The van der Waals surface area contributed by atoms with E-state index in [0.29, 0.717) is 10.6 Å². The molecule has 0 saturated carbocycles. The third-order valence-electron chi connectivity index (χ3n) is 3.58. The van der Waals surface area contributed by atoms with Crippen molar-refractivity contribution in [1.82, 2.24) is 4.90 Å². The van der Waals surface area contributed by atoms with Gasteiger partial charge in [0.15, 0.2) is 0 Å². The van der Waals surface area contributed by atoms with Crippen LogP contribution < -0.4 is 4.74 Å². The number of benzene rings is 1. The molecule has 0 bridgehead atoms. The molecule has 2 atom stereocenters. The Kier molecular flexibility index (Phi) is 5.98. The molecule has 8 heteroatoms. The van der Waals surface area contributed by atoms with E-state index < -0.39 is 23.9 Å². The van der Waals surface area contributed by atoms with E-state index in [9.17, 15) is 27.5 Å². The molecule has 1 aromatic rings. The van der Waals surface area contributed by atoms with Crippen LogP contribution in [0.5, 0.6) is 5.75 Å². The monoisotopic (exact) mass is 337 g/mol. The van der Waals surface area contributed by atoms with Gasteiger partial charge in [0.05, 0.1) is 7.11 Å². The molecule has 0 unspecified atom stereocenters. The van der Waals surface area contributed by atoms with Crippen LogP contribution in [0.2, 0.25) is 0 Å². The summed E-state index contributed by atoms with van der Waals surface area (Å²) < 4.78 is 59.4. The zero-order valence-corrected chi connectivity index (χ0v) is 13.0. The van der Waals surface area contributed by atoms with Crippen LogP contribution in [0.1, 0.15) is 25.5 Å². The molecule has 23 heavy (non-hydrogen) atoms. The molecule has 0 heterocycles. The maximum Gasteiger partial charge on any atom is 0.434 e. The van der Waals surface area contributed by atoms with Crippen molar-refractivity contribution in [3.8, 4) is 5.75 Å². The van der Waals surface area contributed by atoms with Gasteiger partial charge in [-0.3, -0.25) is 4.79 Å². The van der Waals surface area contributed by atoms with Gasteiger partial charge in [0.1, 0.15) is 11.9 Å². The number of methoxy groups -OCH3 is 1. The molecule has 0 fully saturated rings. The van der Waals surface area contributed by atoms with Gasteiger partial charge in [0, 0.05) is 13.1 Å². The topological polar surface area (TPSA) is 49.8 Å². The second kappa shape index (κ2) is 7.16. The fourth-order valence-corrected chi connectivity index (χ4v) is 2.15. The Labute approximate surface area is 131 Å². The fourth-order valence-electron chi connectivity index (χ4n) is 2.15. The van der Waals surface area contributed by atoms with E-state index in [4.69, 9.17) is 4.74 Å². The summed E-state index contributed by atoms with van der Waals surface area (Å²) >= 11 is 0. The number of carbonyl (C=O) groups excluding carboxylic acids is 1. The Morgan fingerprint density at radius 2 is 1.65 bits per heavy atom. The number of hydrogen-bond acceptors (Lipinski definition) is 3. The van der Waals surface area contributed by atoms with Crippen LogP contribution in [0.3, 0.4) is 0 Å². The van der Waals surface area contributed by atoms with Crippen LogP contribution in [0.4, 0.5) is 17.6 Å². The van der Waals surface area contributed by atoms with E-state index in [-0.39, 0.29) is 18.7 Å². The van der Waals surface area contributed by atoms with Crippen LogP contribution in [0.15, 0.2) is 24.3 Å². The third-order valence-corrected chi connectivity index (χ3v) is 3.58. The molecular formula is C15H19F4NO3. The van der Waals surface area contributed by atoms with Crippen molar-refractivity contribution >= 4 is 5.91 Å². The Balaban J connectivity index is 3.31. The zero-order chi connectivity index (χ0) is 17.8. The summed E-state index contributed by atoms with van der Waals surface area (Å²) in [4.78, 5) is 12.8. The minimum atomic E-state index is -5.56. The molecule has 0 aliphatic heterocycles. The average Bonchev–Trinajstić information content (AvgIpc) is 2.53. The number of halogens is 4. The summed E-state index contributed by atoms with van der Waals surface area (Å²) in [5.74, 6) is -1.48. The molecule has 1 rings (SSSR count). The largest absolute Gasteiger partial charge is 0.497 e. The second-order valence-electron chi connectivity index (χ2n) is 4.86. The Morgan fingerprint density at radius 3 is 2.00 bits per heavy atom. The van der Waals surface area contributed by atoms with E-state index >= 15 is 0 Å². The minimum absolute atomic E-state index is 0.105. The molecule has 0 aliphatic carbocycles. The molecule has 0 aliphatic rings. The number of carbonyl (C=O) groups is 1. The molecule has 1 amide bonds. The van der Waals surface area contributed by atoms with Crippen molar-refractivity contribution in [1.29, 1.82) is 0 Å². The minimum Gasteiger partial charge on any atom is -0.497 e. The number of nitrogens with zero attached hydrogens (tertiary/aromatic N) is 1.